The summed E-state index contributed by atoms with van der Waals surface area (Å²) in [7, 11) is 1.63. The highest BCUT2D eigenvalue weighted by atomic mass is 16.5. The minimum Gasteiger partial charge on any atom is -0.495 e. The fourth-order valence-electron chi connectivity index (χ4n) is 2.00. The van der Waals surface area contributed by atoms with Gasteiger partial charge in [-0.25, -0.2) is 0 Å². The Morgan fingerprint density at radius 3 is 2.70 bits per heavy atom. The molecule has 0 saturated heterocycles. The van der Waals surface area contributed by atoms with Crippen molar-refractivity contribution < 1.29 is 9.84 Å². The van der Waals surface area contributed by atoms with Crippen LogP contribution in [0.4, 0.5) is 5.69 Å². The number of hydrogen-bond acceptors (Lipinski definition) is 4. The quantitative estimate of drug-likeness (QED) is 0.851. The van der Waals surface area contributed by atoms with Crippen LogP contribution in [-0.2, 0) is 0 Å². The molecular formula is C15H21N3O2. The Kier molecular flexibility index (Phi) is 4.63. The zero-order valence-corrected chi connectivity index (χ0v) is 12.1. The van der Waals surface area contributed by atoms with Crippen LogP contribution in [0.2, 0.25) is 0 Å². The van der Waals surface area contributed by atoms with Crippen molar-refractivity contribution in [2.45, 2.75) is 25.9 Å². The second-order valence-electron chi connectivity index (χ2n) is 4.93. The summed E-state index contributed by atoms with van der Waals surface area (Å²) in [5, 5.41) is 17.2. The zero-order valence-electron chi connectivity index (χ0n) is 12.1. The molecule has 0 aliphatic rings. The van der Waals surface area contributed by atoms with Gasteiger partial charge in [0, 0.05) is 17.8 Å². The molecule has 0 saturated carbocycles. The number of methoxy groups -OCH3 is 1. The Bertz CT molecular complexity index is 552. The van der Waals surface area contributed by atoms with E-state index in [-0.39, 0.29) is 12.6 Å². The smallest absolute Gasteiger partial charge is 0.141 e. The van der Waals surface area contributed by atoms with Gasteiger partial charge in [0.2, 0.25) is 0 Å². The lowest BCUT2D eigenvalue weighted by Crippen LogP contribution is -2.15. The van der Waals surface area contributed by atoms with E-state index in [2.05, 4.69) is 24.3 Å². The minimum absolute atomic E-state index is 0.0121. The lowest BCUT2D eigenvalue weighted by Gasteiger charge is -2.18. The molecule has 2 rings (SSSR count). The first-order valence-corrected chi connectivity index (χ1v) is 6.70. The number of aliphatic hydroxyl groups is 1. The highest BCUT2D eigenvalue weighted by Crippen LogP contribution is 2.27. The molecular weight excluding hydrogens is 254 g/mol. The van der Waals surface area contributed by atoms with Crippen LogP contribution in [0.15, 0.2) is 36.7 Å². The molecule has 0 amide bonds. The molecule has 5 heteroatoms. The van der Waals surface area contributed by atoms with E-state index in [9.17, 15) is 5.11 Å². The second kappa shape index (κ2) is 6.43. The minimum atomic E-state index is -0.209. The second-order valence-corrected chi connectivity index (χ2v) is 4.93. The number of anilines is 1. The summed E-state index contributed by atoms with van der Waals surface area (Å²) in [6.07, 6.45) is 3.73. The Balaban J connectivity index is 2.19. The van der Waals surface area contributed by atoms with Crippen molar-refractivity contribution >= 4 is 5.69 Å². The number of hydrogen-bond donors (Lipinski definition) is 2. The monoisotopic (exact) mass is 275 g/mol. The summed E-state index contributed by atoms with van der Waals surface area (Å²) in [5.74, 6) is 0.752. The molecule has 1 aromatic heterocycles. The first kappa shape index (κ1) is 14.4. The standard InChI is InChI=1S/C15H21N3O2/c1-11(2)18-9-12(8-16-18)14(10-19)17-13-6-4-5-7-15(13)20-3/h4-9,11,14,17,19H,10H2,1-3H3. The molecule has 0 bridgehead atoms. The average Bonchev–Trinajstić information content (AvgIpc) is 2.95. The Morgan fingerprint density at radius 2 is 2.10 bits per heavy atom. The van der Waals surface area contributed by atoms with Gasteiger partial charge >= 0.3 is 0 Å². The van der Waals surface area contributed by atoms with Gasteiger partial charge in [0.1, 0.15) is 5.75 Å². The highest BCUT2D eigenvalue weighted by molar-refractivity contribution is 5.57. The summed E-state index contributed by atoms with van der Waals surface area (Å²) >= 11 is 0. The Hall–Kier alpha value is -2.01. The molecule has 2 aromatic rings. The van der Waals surface area contributed by atoms with E-state index in [0.29, 0.717) is 6.04 Å². The average molecular weight is 275 g/mol. The van der Waals surface area contributed by atoms with Crippen molar-refractivity contribution in [2.24, 2.45) is 0 Å². The van der Waals surface area contributed by atoms with Crippen LogP contribution in [-0.4, -0.2) is 28.6 Å². The van der Waals surface area contributed by atoms with E-state index in [1.165, 1.54) is 0 Å². The number of aliphatic hydroxyl groups excluding tert-OH is 1. The molecule has 0 radical (unpaired) electrons. The maximum absolute atomic E-state index is 9.61. The molecule has 5 nitrogen and oxygen atoms in total. The van der Waals surface area contributed by atoms with Crippen LogP contribution in [0, 0.1) is 0 Å². The number of aromatic nitrogens is 2. The van der Waals surface area contributed by atoms with E-state index in [1.807, 2.05) is 35.1 Å². The lowest BCUT2D eigenvalue weighted by atomic mass is 10.1. The van der Waals surface area contributed by atoms with E-state index >= 15 is 0 Å². The van der Waals surface area contributed by atoms with E-state index in [0.717, 1.165) is 17.0 Å². The zero-order chi connectivity index (χ0) is 14.5. The topological polar surface area (TPSA) is 59.3 Å². The normalized spacial score (nSPS) is 12.4. The molecule has 2 N–H and O–H groups in total. The highest BCUT2D eigenvalue weighted by Gasteiger charge is 2.15. The molecule has 20 heavy (non-hydrogen) atoms. The SMILES string of the molecule is COc1ccccc1NC(CO)c1cnn(C(C)C)c1. The van der Waals surface area contributed by atoms with Crippen molar-refractivity contribution in [1.82, 2.24) is 9.78 Å². The van der Waals surface area contributed by atoms with Crippen molar-refractivity contribution in [3.63, 3.8) is 0 Å². The van der Waals surface area contributed by atoms with Gasteiger partial charge in [0.05, 0.1) is 31.6 Å². The molecule has 0 aliphatic heterocycles. The number of nitrogens with one attached hydrogen (secondary N) is 1. The van der Waals surface area contributed by atoms with Crippen LogP contribution in [0.5, 0.6) is 5.75 Å². The van der Waals surface area contributed by atoms with Gasteiger partial charge in [0.25, 0.3) is 0 Å². The molecule has 1 unspecified atom stereocenters. The fraction of sp³-hybridized carbons (Fsp3) is 0.400. The third-order valence-electron chi connectivity index (χ3n) is 3.17. The van der Waals surface area contributed by atoms with Crippen molar-refractivity contribution in [3.05, 3.63) is 42.2 Å². The molecule has 1 heterocycles. The molecule has 0 spiro atoms. The number of rotatable bonds is 6. The summed E-state index contributed by atoms with van der Waals surface area (Å²) in [4.78, 5) is 0. The van der Waals surface area contributed by atoms with Gasteiger partial charge in [-0.15, -0.1) is 0 Å². The van der Waals surface area contributed by atoms with Gasteiger partial charge in [-0.05, 0) is 26.0 Å². The largest absolute Gasteiger partial charge is 0.495 e. The van der Waals surface area contributed by atoms with E-state index in [1.54, 1.807) is 13.3 Å². The van der Waals surface area contributed by atoms with Gasteiger partial charge in [0.15, 0.2) is 0 Å². The van der Waals surface area contributed by atoms with Crippen LogP contribution in [0.25, 0.3) is 0 Å². The van der Waals surface area contributed by atoms with Crippen molar-refractivity contribution in [1.29, 1.82) is 0 Å². The lowest BCUT2D eigenvalue weighted by molar-refractivity contribution is 0.276. The number of nitrogens with zero attached hydrogens (tertiary/aromatic N) is 2. The van der Waals surface area contributed by atoms with E-state index in [4.69, 9.17) is 4.74 Å². The number of ether oxygens (including phenoxy) is 1. The van der Waals surface area contributed by atoms with Crippen LogP contribution in [0.3, 0.4) is 0 Å². The van der Waals surface area contributed by atoms with Gasteiger partial charge in [-0.1, -0.05) is 12.1 Å². The molecule has 1 aromatic carbocycles. The number of benzene rings is 1. The first-order valence-electron chi connectivity index (χ1n) is 6.70. The molecule has 0 aliphatic carbocycles. The third kappa shape index (κ3) is 3.11. The molecule has 0 fully saturated rings. The summed E-state index contributed by atoms with van der Waals surface area (Å²) in [6.45, 7) is 4.12. The number of para-hydroxylation sites is 2. The first-order chi connectivity index (χ1) is 9.65. The summed E-state index contributed by atoms with van der Waals surface area (Å²) in [6, 6.07) is 7.74. The fourth-order valence-corrected chi connectivity index (χ4v) is 2.00. The summed E-state index contributed by atoms with van der Waals surface area (Å²) in [5.41, 5.74) is 1.80. The molecule has 1 atom stereocenters. The third-order valence-corrected chi connectivity index (χ3v) is 3.17. The van der Waals surface area contributed by atoms with Gasteiger partial charge in [-0.2, -0.15) is 5.10 Å². The van der Waals surface area contributed by atoms with Crippen molar-refractivity contribution in [2.75, 3.05) is 19.0 Å². The summed E-state index contributed by atoms with van der Waals surface area (Å²) < 4.78 is 7.18. The molecule has 108 valence electrons. The predicted octanol–water partition coefficient (Wildman–Crippen LogP) is 2.62. The van der Waals surface area contributed by atoms with Gasteiger partial charge < -0.3 is 15.2 Å². The van der Waals surface area contributed by atoms with E-state index < -0.39 is 0 Å². The van der Waals surface area contributed by atoms with Crippen LogP contribution >= 0.6 is 0 Å². The maximum Gasteiger partial charge on any atom is 0.141 e. The van der Waals surface area contributed by atoms with Crippen LogP contribution < -0.4 is 10.1 Å². The predicted molar refractivity (Wildman–Crippen MR) is 79.1 cm³/mol. The van der Waals surface area contributed by atoms with Crippen molar-refractivity contribution in [3.8, 4) is 5.75 Å². The van der Waals surface area contributed by atoms with Crippen LogP contribution in [0.1, 0.15) is 31.5 Å². The Morgan fingerprint density at radius 1 is 1.35 bits per heavy atom. The Labute approximate surface area is 119 Å². The van der Waals surface area contributed by atoms with Gasteiger partial charge in [-0.3, -0.25) is 4.68 Å². The maximum atomic E-state index is 9.61.